The van der Waals surface area contributed by atoms with Crippen molar-refractivity contribution in [2.24, 2.45) is 0 Å². The number of amides is 2. The third-order valence-corrected chi connectivity index (χ3v) is 5.37. The van der Waals surface area contributed by atoms with Gasteiger partial charge in [0.15, 0.2) is 0 Å². The Labute approximate surface area is 191 Å². The van der Waals surface area contributed by atoms with Crippen molar-refractivity contribution in [2.75, 3.05) is 10.6 Å². The standard InChI is InChI=1S/C24H16N8O2/c33-21(31-23-27-16-8-9-25-12-19(16)29-23)15-6-3-7-17-20(15)30-24(28-17)32-22(34)18-10-13-4-1-2-5-14(13)11-26-18/h1-12H,(H2,27,29,31,33)(H2,28,30,32,34). The summed E-state index contributed by atoms with van der Waals surface area (Å²) in [6.45, 7) is 0. The Morgan fingerprint density at radius 1 is 0.765 bits per heavy atom. The number of benzene rings is 2. The number of carbonyl (C=O) groups is 2. The van der Waals surface area contributed by atoms with Crippen molar-refractivity contribution in [3.63, 3.8) is 0 Å². The number of carbonyl (C=O) groups excluding carboxylic acids is 2. The molecule has 2 aromatic carbocycles. The topological polar surface area (TPSA) is 141 Å². The van der Waals surface area contributed by atoms with Crippen LogP contribution in [0, 0.1) is 0 Å². The molecule has 34 heavy (non-hydrogen) atoms. The summed E-state index contributed by atoms with van der Waals surface area (Å²) in [7, 11) is 0. The summed E-state index contributed by atoms with van der Waals surface area (Å²) >= 11 is 0. The van der Waals surface area contributed by atoms with E-state index in [0.717, 1.165) is 10.8 Å². The van der Waals surface area contributed by atoms with Gasteiger partial charge in [-0.2, -0.15) is 0 Å². The zero-order valence-corrected chi connectivity index (χ0v) is 17.5. The summed E-state index contributed by atoms with van der Waals surface area (Å²) in [6, 6.07) is 16.3. The highest BCUT2D eigenvalue weighted by molar-refractivity contribution is 6.12. The summed E-state index contributed by atoms with van der Waals surface area (Å²) < 4.78 is 0. The minimum absolute atomic E-state index is 0.213. The van der Waals surface area contributed by atoms with Crippen molar-refractivity contribution in [3.05, 3.63) is 84.4 Å². The molecule has 0 aliphatic rings. The van der Waals surface area contributed by atoms with Crippen molar-refractivity contribution in [3.8, 4) is 0 Å². The van der Waals surface area contributed by atoms with E-state index < -0.39 is 11.8 Å². The molecule has 0 aliphatic heterocycles. The average Bonchev–Trinajstić information content (AvgIpc) is 3.46. The number of H-pyrrole nitrogens is 2. The van der Waals surface area contributed by atoms with Gasteiger partial charge in [-0.3, -0.25) is 30.2 Å². The van der Waals surface area contributed by atoms with Crippen molar-refractivity contribution >= 4 is 56.6 Å². The van der Waals surface area contributed by atoms with Gasteiger partial charge in [-0.25, -0.2) is 9.97 Å². The zero-order valence-electron chi connectivity index (χ0n) is 17.5. The number of rotatable bonds is 4. The van der Waals surface area contributed by atoms with Crippen LogP contribution >= 0.6 is 0 Å². The van der Waals surface area contributed by atoms with Crippen LogP contribution in [0.5, 0.6) is 0 Å². The van der Waals surface area contributed by atoms with Gasteiger partial charge in [-0.05, 0) is 29.7 Å². The minimum atomic E-state index is -0.410. The molecule has 0 bridgehead atoms. The highest BCUT2D eigenvalue weighted by atomic mass is 16.2. The Morgan fingerprint density at radius 3 is 2.44 bits per heavy atom. The van der Waals surface area contributed by atoms with Gasteiger partial charge in [0.2, 0.25) is 11.9 Å². The molecule has 10 nitrogen and oxygen atoms in total. The van der Waals surface area contributed by atoms with Crippen LogP contribution in [0.4, 0.5) is 11.9 Å². The van der Waals surface area contributed by atoms with Crippen molar-refractivity contribution in [2.45, 2.75) is 0 Å². The molecule has 4 N–H and O–H groups in total. The first kappa shape index (κ1) is 19.6. The summed E-state index contributed by atoms with van der Waals surface area (Å²) in [5, 5.41) is 7.32. The zero-order chi connectivity index (χ0) is 23.1. The highest BCUT2D eigenvalue weighted by Crippen LogP contribution is 2.21. The van der Waals surface area contributed by atoms with Crippen LogP contribution in [0.1, 0.15) is 20.8 Å². The molecule has 4 aromatic heterocycles. The molecule has 0 unspecified atom stereocenters. The average molecular weight is 448 g/mol. The van der Waals surface area contributed by atoms with Crippen molar-refractivity contribution in [1.29, 1.82) is 0 Å². The Balaban J connectivity index is 1.26. The van der Waals surface area contributed by atoms with E-state index in [4.69, 9.17) is 0 Å². The van der Waals surface area contributed by atoms with Crippen LogP contribution in [0.2, 0.25) is 0 Å². The van der Waals surface area contributed by atoms with Crippen LogP contribution < -0.4 is 10.6 Å². The number of imidazole rings is 2. The summed E-state index contributed by atoms with van der Waals surface area (Å²) in [6.07, 6.45) is 4.91. The summed E-state index contributed by atoms with van der Waals surface area (Å²) in [5.41, 5.74) is 3.01. The predicted molar refractivity (Wildman–Crippen MR) is 128 cm³/mol. The molecule has 0 atom stereocenters. The number of nitrogens with zero attached hydrogens (tertiary/aromatic N) is 4. The van der Waals surface area contributed by atoms with E-state index in [2.05, 4.69) is 40.5 Å². The number of nitrogens with one attached hydrogen (secondary N) is 4. The lowest BCUT2D eigenvalue weighted by molar-refractivity contribution is 0.101. The molecule has 10 heteroatoms. The van der Waals surface area contributed by atoms with Gasteiger partial charge in [0, 0.05) is 17.8 Å². The minimum Gasteiger partial charge on any atom is -0.324 e. The Hall–Kier alpha value is -5.12. The smallest absolute Gasteiger partial charge is 0.276 e. The first-order chi connectivity index (χ1) is 16.6. The molecular weight excluding hydrogens is 432 g/mol. The van der Waals surface area contributed by atoms with Crippen LogP contribution in [0.15, 0.2) is 73.2 Å². The largest absolute Gasteiger partial charge is 0.324 e. The van der Waals surface area contributed by atoms with Crippen molar-refractivity contribution < 1.29 is 9.59 Å². The van der Waals surface area contributed by atoms with Gasteiger partial charge in [0.25, 0.3) is 11.8 Å². The highest BCUT2D eigenvalue weighted by Gasteiger charge is 2.17. The molecule has 4 heterocycles. The lowest BCUT2D eigenvalue weighted by atomic mass is 10.1. The van der Waals surface area contributed by atoms with Gasteiger partial charge < -0.3 is 9.97 Å². The fraction of sp³-hybridized carbons (Fsp3) is 0. The van der Waals surface area contributed by atoms with Gasteiger partial charge in [0.1, 0.15) is 11.2 Å². The molecule has 0 saturated carbocycles. The predicted octanol–water partition coefficient (Wildman–Crippen LogP) is 3.89. The van der Waals surface area contributed by atoms with E-state index in [-0.39, 0.29) is 11.6 Å². The number of hydrogen-bond acceptors (Lipinski definition) is 6. The lowest BCUT2D eigenvalue weighted by Crippen LogP contribution is -2.15. The molecule has 2 amide bonds. The fourth-order valence-electron chi connectivity index (χ4n) is 3.74. The summed E-state index contributed by atoms with van der Waals surface area (Å²) in [4.78, 5) is 48.8. The van der Waals surface area contributed by atoms with E-state index in [1.54, 1.807) is 48.9 Å². The van der Waals surface area contributed by atoms with E-state index >= 15 is 0 Å². The SMILES string of the molecule is O=C(Nc1nc2c(C(=O)Nc3nc4ccncc4[nH]3)cccc2[nH]1)c1cc2ccccc2cn1. The Morgan fingerprint density at radius 2 is 1.56 bits per heavy atom. The normalized spacial score (nSPS) is 11.2. The molecule has 6 aromatic rings. The molecular formula is C24H16N8O2. The third-order valence-electron chi connectivity index (χ3n) is 5.37. The quantitative estimate of drug-likeness (QED) is 0.322. The van der Waals surface area contributed by atoms with E-state index in [1.807, 2.05) is 24.3 Å². The first-order valence-electron chi connectivity index (χ1n) is 10.4. The van der Waals surface area contributed by atoms with Gasteiger partial charge in [-0.1, -0.05) is 30.3 Å². The second-order valence-electron chi connectivity index (χ2n) is 7.59. The maximum atomic E-state index is 12.9. The number of hydrogen-bond donors (Lipinski definition) is 4. The molecule has 0 aliphatic carbocycles. The van der Waals surface area contributed by atoms with Crippen LogP contribution in [-0.4, -0.2) is 41.7 Å². The second kappa shape index (κ2) is 7.78. The number of aromatic nitrogens is 6. The van der Waals surface area contributed by atoms with E-state index in [1.165, 1.54) is 0 Å². The molecule has 0 saturated heterocycles. The second-order valence-corrected chi connectivity index (χ2v) is 7.59. The molecule has 164 valence electrons. The summed E-state index contributed by atoms with van der Waals surface area (Å²) in [5.74, 6) is -0.286. The maximum absolute atomic E-state index is 12.9. The van der Waals surface area contributed by atoms with Crippen LogP contribution in [-0.2, 0) is 0 Å². The Bertz CT molecular complexity index is 1690. The molecule has 6 rings (SSSR count). The van der Waals surface area contributed by atoms with Gasteiger partial charge >= 0.3 is 0 Å². The fourth-order valence-corrected chi connectivity index (χ4v) is 3.74. The number of aromatic amines is 2. The monoisotopic (exact) mass is 448 g/mol. The maximum Gasteiger partial charge on any atom is 0.276 e. The van der Waals surface area contributed by atoms with Crippen LogP contribution in [0.25, 0.3) is 32.8 Å². The van der Waals surface area contributed by atoms with Gasteiger partial charge in [0.05, 0.1) is 28.3 Å². The van der Waals surface area contributed by atoms with Gasteiger partial charge in [-0.15, -0.1) is 0 Å². The molecule has 0 spiro atoms. The number of para-hydroxylation sites is 1. The third kappa shape index (κ3) is 3.48. The van der Waals surface area contributed by atoms with Crippen molar-refractivity contribution in [1.82, 2.24) is 29.9 Å². The number of pyridine rings is 2. The number of fused-ring (bicyclic) bond motifs is 3. The first-order valence-corrected chi connectivity index (χ1v) is 10.4. The lowest BCUT2D eigenvalue weighted by Gasteiger charge is -2.03. The number of anilines is 2. The Kier molecular flexibility index (Phi) is 4.48. The van der Waals surface area contributed by atoms with E-state index in [9.17, 15) is 9.59 Å². The van der Waals surface area contributed by atoms with E-state index in [0.29, 0.717) is 33.6 Å². The molecule has 0 radical (unpaired) electrons. The molecule has 0 fully saturated rings. The van der Waals surface area contributed by atoms with Crippen LogP contribution in [0.3, 0.4) is 0 Å².